The molecule has 0 bridgehead atoms. The third-order valence-corrected chi connectivity index (χ3v) is 1.57. The monoisotopic (exact) mass is 162 g/mol. The van der Waals surface area contributed by atoms with Crippen molar-refractivity contribution in [3.63, 3.8) is 0 Å². The minimum Gasteiger partial charge on any atom is -0.464 e. The van der Waals surface area contributed by atoms with Crippen LogP contribution in [0.3, 0.4) is 0 Å². The molecule has 0 spiro atoms. The van der Waals surface area contributed by atoms with Crippen LogP contribution >= 0.6 is 0 Å². The number of aliphatic hydroxyl groups is 4. The van der Waals surface area contributed by atoms with Crippen LogP contribution in [0, 0.1) is 0 Å². The van der Waals surface area contributed by atoms with Crippen molar-refractivity contribution in [3.05, 3.63) is 12.3 Å². The maximum atomic E-state index is 8.99. The molecule has 0 aromatic rings. The Morgan fingerprint density at radius 2 is 1.64 bits per heavy atom. The van der Waals surface area contributed by atoms with Crippen LogP contribution in [0.25, 0.3) is 0 Å². The topological polar surface area (TPSA) is 90.2 Å². The second-order valence-electron chi connectivity index (χ2n) is 2.40. The van der Waals surface area contributed by atoms with E-state index in [0.29, 0.717) is 0 Å². The fraction of sp³-hybridized carbons (Fsp3) is 0.667. The molecule has 5 nitrogen and oxygen atoms in total. The van der Waals surface area contributed by atoms with Crippen molar-refractivity contribution >= 4 is 0 Å². The minimum atomic E-state index is -1.51. The quantitative estimate of drug-likeness (QED) is 0.328. The van der Waals surface area contributed by atoms with Gasteiger partial charge in [0.25, 0.3) is 0 Å². The second kappa shape index (κ2) is 2.78. The van der Waals surface area contributed by atoms with Crippen LogP contribution in [0.2, 0.25) is 0 Å². The van der Waals surface area contributed by atoms with Gasteiger partial charge in [0, 0.05) is 0 Å². The maximum absolute atomic E-state index is 8.99. The Bertz CT molecular complexity index is 168. The molecule has 1 saturated heterocycles. The molecule has 11 heavy (non-hydrogen) atoms. The van der Waals surface area contributed by atoms with Crippen molar-refractivity contribution in [2.45, 2.75) is 24.6 Å². The number of ether oxygens (including phenoxy) is 1. The van der Waals surface area contributed by atoms with Gasteiger partial charge in [0.05, 0.1) is 0 Å². The van der Waals surface area contributed by atoms with Gasteiger partial charge < -0.3 is 25.2 Å². The average Bonchev–Trinajstić information content (AvgIpc) is 1.97. The lowest BCUT2D eigenvalue weighted by Gasteiger charge is -2.33. The SMILES string of the molecule is C=C1OC(O)[C@H](O)[C@@H](O)[C@@H]1O. The minimum absolute atomic E-state index is 0.143. The first-order valence-electron chi connectivity index (χ1n) is 3.11. The lowest BCUT2D eigenvalue weighted by atomic mass is 10.0. The van der Waals surface area contributed by atoms with Gasteiger partial charge in [0.2, 0.25) is 6.29 Å². The fourth-order valence-electron chi connectivity index (χ4n) is 0.840. The summed E-state index contributed by atoms with van der Waals surface area (Å²) in [7, 11) is 0. The first-order valence-corrected chi connectivity index (χ1v) is 3.11. The molecule has 1 unspecified atom stereocenters. The highest BCUT2D eigenvalue weighted by Gasteiger charge is 2.39. The van der Waals surface area contributed by atoms with E-state index in [2.05, 4.69) is 11.3 Å². The molecule has 0 radical (unpaired) electrons. The molecule has 0 amide bonds. The molecular formula is C6H10O5. The summed E-state index contributed by atoms with van der Waals surface area (Å²) < 4.78 is 4.48. The summed E-state index contributed by atoms with van der Waals surface area (Å²) in [5.41, 5.74) is 0. The van der Waals surface area contributed by atoms with Crippen LogP contribution in [0.4, 0.5) is 0 Å². The standard InChI is InChI=1S/C6H10O5/c1-2-3(7)4(8)5(9)6(10)11-2/h3-10H,1H2/t3-,4+,5-,6?/m1/s1. The number of rotatable bonds is 0. The van der Waals surface area contributed by atoms with Crippen molar-refractivity contribution in [1.29, 1.82) is 0 Å². The number of hydrogen-bond donors (Lipinski definition) is 4. The smallest absolute Gasteiger partial charge is 0.225 e. The Morgan fingerprint density at radius 3 is 2.18 bits per heavy atom. The van der Waals surface area contributed by atoms with Gasteiger partial charge in [-0.1, -0.05) is 6.58 Å². The van der Waals surface area contributed by atoms with E-state index in [0.717, 1.165) is 0 Å². The van der Waals surface area contributed by atoms with Crippen LogP contribution in [-0.4, -0.2) is 45.0 Å². The van der Waals surface area contributed by atoms with Gasteiger partial charge in [0.1, 0.15) is 24.1 Å². The highest BCUT2D eigenvalue weighted by molar-refractivity contribution is 5.02. The summed E-state index contributed by atoms with van der Waals surface area (Å²) in [6.07, 6.45) is -5.78. The molecule has 1 heterocycles. The molecule has 0 aromatic heterocycles. The molecule has 64 valence electrons. The number of aliphatic hydroxyl groups excluding tert-OH is 4. The first-order chi connectivity index (χ1) is 5.04. The molecule has 0 saturated carbocycles. The Hall–Kier alpha value is -0.620. The van der Waals surface area contributed by atoms with E-state index in [1.165, 1.54) is 0 Å². The molecule has 0 aliphatic carbocycles. The van der Waals surface area contributed by atoms with E-state index in [1.807, 2.05) is 0 Å². The zero-order chi connectivity index (χ0) is 8.59. The Labute approximate surface area is 63.2 Å². The van der Waals surface area contributed by atoms with E-state index in [1.54, 1.807) is 0 Å². The van der Waals surface area contributed by atoms with Gasteiger partial charge in [-0.3, -0.25) is 0 Å². The summed E-state index contributed by atoms with van der Waals surface area (Å²) in [5.74, 6) is -0.143. The molecule has 4 atom stereocenters. The Morgan fingerprint density at radius 1 is 1.09 bits per heavy atom. The van der Waals surface area contributed by atoms with E-state index >= 15 is 0 Å². The van der Waals surface area contributed by atoms with E-state index in [4.69, 9.17) is 20.4 Å². The molecule has 4 N–H and O–H groups in total. The Kier molecular flexibility index (Phi) is 2.15. The molecule has 1 rings (SSSR count). The third-order valence-electron chi connectivity index (χ3n) is 1.57. The molecule has 1 aliphatic heterocycles. The zero-order valence-corrected chi connectivity index (χ0v) is 5.71. The summed E-state index contributed by atoms with van der Waals surface area (Å²) >= 11 is 0. The van der Waals surface area contributed by atoms with Crippen LogP contribution < -0.4 is 0 Å². The van der Waals surface area contributed by atoms with Gasteiger partial charge in [-0.15, -0.1) is 0 Å². The highest BCUT2D eigenvalue weighted by atomic mass is 16.6. The molecular weight excluding hydrogens is 152 g/mol. The van der Waals surface area contributed by atoms with Crippen molar-refractivity contribution in [3.8, 4) is 0 Å². The second-order valence-corrected chi connectivity index (χ2v) is 2.40. The van der Waals surface area contributed by atoms with E-state index in [-0.39, 0.29) is 5.76 Å². The lowest BCUT2D eigenvalue weighted by Crippen LogP contribution is -2.51. The van der Waals surface area contributed by atoms with Crippen molar-refractivity contribution in [2.24, 2.45) is 0 Å². The fourth-order valence-corrected chi connectivity index (χ4v) is 0.840. The first kappa shape index (κ1) is 8.48. The lowest BCUT2D eigenvalue weighted by molar-refractivity contribution is -0.224. The van der Waals surface area contributed by atoms with Crippen molar-refractivity contribution < 1.29 is 25.2 Å². The predicted molar refractivity (Wildman–Crippen MR) is 34.3 cm³/mol. The summed E-state index contributed by atoms with van der Waals surface area (Å²) in [6.45, 7) is 3.23. The average molecular weight is 162 g/mol. The zero-order valence-electron chi connectivity index (χ0n) is 5.71. The van der Waals surface area contributed by atoms with Crippen molar-refractivity contribution in [1.82, 2.24) is 0 Å². The summed E-state index contributed by atoms with van der Waals surface area (Å²) in [4.78, 5) is 0. The van der Waals surface area contributed by atoms with Gasteiger partial charge in [-0.05, 0) is 0 Å². The van der Waals surface area contributed by atoms with E-state index < -0.39 is 24.6 Å². The van der Waals surface area contributed by atoms with Crippen molar-refractivity contribution in [2.75, 3.05) is 0 Å². The molecule has 0 aromatic carbocycles. The molecule has 1 fully saturated rings. The van der Waals surface area contributed by atoms with Crippen LogP contribution in [0.5, 0.6) is 0 Å². The van der Waals surface area contributed by atoms with E-state index in [9.17, 15) is 0 Å². The van der Waals surface area contributed by atoms with Gasteiger partial charge in [0.15, 0.2) is 0 Å². The van der Waals surface area contributed by atoms with Gasteiger partial charge in [-0.2, -0.15) is 0 Å². The largest absolute Gasteiger partial charge is 0.464 e. The normalized spacial score (nSPS) is 45.3. The molecule has 1 aliphatic rings. The maximum Gasteiger partial charge on any atom is 0.225 e. The highest BCUT2D eigenvalue weighted by Crippen LogP contribution is 2.20. The van der Waals surface area contributed by atoms with Crippen LogP contribution in [0.1, 0.15) is 0 Å². The van der Waals surface area contributed by atoms with Crippen LogP contribution in [-0.2, 0) is 4.74 Å². The Balaban J connectivity index is 2.70. The summed E-state index contributed by atoms with van der Waals surface area (Å²) in [5, 5.41) is 35.7. The van der Waals surface area contributed by atoms with Gasteiger partial charge in [-0.25, -0.2) is 0 Å². The predicted octanol–water partition coefficient (Wildman–Crippen LogP) is -2.07. The molecule has 5 heteroatoms. The summed E-state index contributed by atoms with van der Waals surface area (Å²) in [6, 6.07) is 0. The van der Waals surface area contributed by atoms with Crippen LogP contribution in [0.15, 0.2) is 12.3 Å². The third kappa shape index (κ3) is 1.36. The number of hydrogen-bond acceptors (Lipinski definition) is 5. The van der Waals surface area contributed by atoms with Gasteiger partial charge >= 0.3 is 0 Å².